The Balaban J connectivity index is 2.45. The first-order valence-electron chi connectivity index (χ1n) is 6.34. The van der Waals surface area contributed by atoms with Gasteiger partial charge in [0.15, 0.2) is 5.54 Å². The summed E-state index contributed by atoms with van der Waals surface area (Å²) in [7, 11) is 1.27. The summed E-state index contributed by atoms with van der Waals surface area (Å²) in [5.41, 5.74) is -0.490. The number of benzene rings is 2. The maximum Gasteiger partial charge on any atom is 0.336 e. The standard InChI is InChI=1S/C16H15ClFNO2/c1-16(15(20)21-2,13-5-3-4-6-14(13)18)19-12-9-7-11(17)8-10-12/h3-10,19H,1-2H3. The van der Waals surface area contributed by atoms with Crippen molar-refractivity contribution in [3.05, 3.63) is 64.9 Å². The van der Waals surface area contributed by atoms with Gasteiger partial charge in [-0.15, -0.1) is 0 Å². The van der Waals surface area contributed by atoms with Crippen LogP contribution in [0.3, 0.4) is 0 Å². The van der Waals surface area contributed by atoms with Gasteiger partial charge in [-0.25, -0.2) is 9.18 Å². The van der Waals surface area contributed by atoms with Crippen molar-refractivity contribution in [2.45, 2.75) is 12.5 Å². The van der Waals surface area contributed by atoms with Gasteiger partial charge in [0.05, 0.1) is 7.11 Å². The van der Waals surface area contributed by atoms with Gasteiger partial charge in [-0.1, -0.05) is 29.8 Å². The van der Waals surface area contributed by atoms with Crippen LogP contribution in [0.2, 0.25) is 5.02 Å². The Morgan fingerprint density at radius 3 is 2.38 bits per heavy atom. The molecule has 0 saturated heterocycles. The number of halogens is 2. The first-order chi connectivity index (χ1) is 9.97. The van der Waals surface area contributed by atoms with Crippen LogP contribution in [0.1, 0.15) is 12.5 Å². The molecule has 110 valence electrons. The Bertz CT molecular complexity index is 645. The molecule has 5 heteroatoms. The van der Waals surface area contributed by atoms with Gasteiger partial charge in [0.2, 0.25) is 0 Å². The zero-order valence-corrected chi connectivity index (χ0v) is 12.4. The summed E-state index contributed by atoms with van der Waals surface area (Å²) in [4.78, 5) is 12.2. The van der Waals surface area contributed by atoms with Crippen LogP contribution in [0.25, 0.3) is 0 Å². The molecule has 1 atom stereocenters. The fourth-order valence-electron chi connectivity index (χ4n) is 2.12. The van der Waals surface area contributed by atoms with Crippen molar-refractivity contribution in [1.82, 2.24) is 0 Å². The predicted octanol–water partition coefficient (Wildman–Crippen LogP) is 3.98. The van der Waals surface area contributed by atoms with Crippen molar-refractivity contribution in [1.29, 1.82) is 0 Å². The van der Waals surface area contributed by atoms with Gasteiger partial charge in [0, 0.05) is 16.3 Å². The van der Waals surface area contributed by atoms with Crippen molar-refractivity contribution < 1.29 is 13.9 Å². The van der Waals surface area contributed by atoms with Crippen LogP contribution in [0.5, 0.6) is 0 Å². The van der Waals surface area contributed by atoms with Crippen LogP contribution < -0.4 is 5.32 Å². The molecule has 2 aromatic carbocycles. The second-order valence-electron chi connectivity index (χ2n) is 4.73. The SMILES string of the molecule is COC(=O)C(C)(Nc1ccc(Cl)cc1)c1ccccc1F. The summed E-state index contributed by atoms with van der Waals surface area (Å²) in [6.07, 6.45) is 0. The highest BCUT2D eigenvalue weighted by molar-refractivity contribution is 6.30. The van der Waals surface area contributed by atoms with E-state index in [-0.39, 0.29) is 5.56 Å². The summed E-state index contributed by atoms with van der Waals surface area (Å²) in [5.74, 6) is -1.06. The summed E-state index contributed by atoms with van der Waals surface area (Å²) in [6.45, 7) is 1.58. The largest absolute Gasteiger partial charge is 0.467 e. The number of rotatable bonds is 4. The summed E-state index contributed by atoms with van der Waals surface area (Å²) >= 11 is 5.84. The highest BCUT2D eigenvalue weighted by atomic mass is 35.5. The number of ether oxygens (including phenoxy) is 1. The molecule has 0 aliphatic rings. The van der Waals surface area contributed by atoms with Gasteiger partial charge >= 0.3 is 5.97 Å². The molecule has 0 spiro atoms. The number of anilines is 1. The van der Waals surface area contributed by atoms with E-state index in [1.165, 1.54) is 13.2 Å². The second-order valence-corrected chi connectivity index (χ2v) is 5.16. The average molecular weight is 308 g/mol. The van der Waals surface area contributed by atoms with E-state index in [2.05, 4.69) is 5.32 Å². The molecular weight excluding hydrogens is 293 g/mol. The molecule has 3 nitrogen and oxygen atoms in total. The van der Waals surface area contributed by atoms with Crippen molar-refractivity contribution in [2.75, 3.05) is 12.4 Å². The molecule has 0 heterocycles. The Morgan fingerprint density at radius 1 is 1.19 bits per heavy atom. The smallest absolute Gasteiger partial charge is 0.336 e. The number of carbonyl (C=O) groups is 1. The number of hydrogen-bond donors (Lipinski definition) is 1. The third-order valence-corrected chi connectivity index (χ3v) is 3.50. The Hall–Kier alpha value is -2.07. The molecule has 2 rings (SSSR count). The topological polar surface area (TPSA) is 38.3 Å². The minimum atomic E-state index is -1.34. The Labute approximate surface area is 127 Å². The van der Waals surface area contributed by atoms with Gasteiger partial charge in [0.1, 0.15) is 5.82 Å². The first-order valence-corrected chi connectivity index (χ1v) is 6.72. The van der Waals surface area contributed by atoms with Crippen LogP contribution in [0.4, 0.5) is 10.1 Å². The van der Waals surface area contributed by atoms with Gasteiger partial charge in [-0.05, 0) is 37.3 Å². The van der Waals surface area contributed by atoms with Crippen molar-refractivity contribution in [2.24, 2.45) is 0 Å². The second kappa shape index (κ2) is 6.14. The van der Waals surface area contributed by atoms with Crippen molar-refractivity contribution in [3.63, 3.8) is 0 Å². The summed E-state index contributed by atoms with van der Waals surface area (Å²) in [6, 6.07) is 12.9. The van der Waals surface area contributed by atoms with E-state index in [0.29, 0.717) is 10.7 Å². The minimum absolute atomic E-state index is 0.215. The highest BCUT2D eigenvalue weighted by Crippen LogP contribution is 2.30. The minimum Gasteiger partial charge on any atom is -0.467 e. The highest BCUT2D eigenvalue weighted by Gasteiger charge is 2.38. The third kappa shape index (κ3) is 3.16. The lowest BCUT2D eigenvalue weighted by atomic mass is 9.91. The van der Waals surface area contributed by atoms with E-state index in [9.17, 15) is 9.18 Å². The lowest BCUT2D eigenvalue weighted by molar-refractivity contribution is -0.145. The lowest BCUT2D eigenvalue weighted by Crippen LogP contribution is -2.42. The van der Waals surface area contributed by atoms with E-state index < -0.39 is 17.3 Å². The van der Waals surface area contributed by atoms with Crippen LogP contribution in [0, 0.1) is 5.82 Å². The van der Waals surface area contributed by atoms with Crippen molar-refractivity contribution >= 4 is 23.3 Å². The van der Waals surface area contributed by atoms with Crippen LogP contribution in [-0.2, 0) is 15.1 Å². The molecule has 1 unspecified atom stereocenters. The fourth-order valence-corrected chi connectivity index (χ4v) is 2.25. The normalized spacial score (nSPS) is 13.3. The van der Waals surface area contributed by atoms with E-state index in [1.807, 2.05) is 0 Å². The maximum absolute atomic E-state index is 14.1. The molecular formula is C16H15ClFNO2. The monoisotopic (exact) mass is 307 g/mol. The van der Waals surface area contributed by atoms with Gasteiger partial charge in [-0.3, -0.25) is 0 Å². The van der Waals surface area contributed by atoms with E-state index >= 15 is 0 Å². The third-order valence-electron chi connectivity index (χ3n) is 3.24. The molecule has 0 bridgehead atoms. The molecule has 2 aromatic rings. The van der Waals surface area contributed by atoms with Gasteiger partial charge in [0.25, 0.3) is 0 Å². The summed E-state index contributed by atoms with van der Waals surface area (Å²) in [5, 5.41) is 3.59. The number of nitrogens with one attached hydrogen (secondary N) is 1. The maximum atomic E-state index is 14.1. The average Bonchev–Trinajstić information content (AvgIpc) is 2.49. The van der Waals surface area contributed by atoms with E-state index in [4.69, 9.17) is 16.3 Å². The molecule has 0 aliphatic heterocycles. The zero-order chi connectivity index (χ0) is 15.5. The van der Waals surface area contributed by atoms with Crippen molar-refractivity contribution in [3.8, 4) is 0 Å². The molecule has 0 aromatic heterocycles. The fraction of sp³-hybridized carbons (Fsp3) is 0.188. The van der Waals surface area contributed by atoms with E-state index in [0.717, 1.165) is 0 Å². The first kappa shape index (κ1) is 15.3. The van der Waals surface area contributed by atoms with Gasteiger partial charge in [-0.2, -0.15) is 0 Å². The van der Waals surface area contributed by atoms with Gasteiger partial charge < -0.3 is 10.1 Å². The molecule has 0 saturated carbocycles. The molecule has 0 amide bonds. The molecule has 0 radical (unpaired) electrons. The van der Waals surface area contributed by atoms with Crippen LogP contribution in [0.15, 0.2) is 48.5 Å². The molecule has 0 fully saturated rings. The number of esters is 1. The quantitative estimate of drug-likeness (QED) is 0.868. The summed E-state index contributed by atoms with van der Waals surface area (Å²) < 4.78 is 18.9. The number of carbonyl (C=O) groups excluding carboxylic acids is 1. The number of methoxy groups -OCH3 is 1. The predicted molar refractivity (Wildman–Crippen MR) is 80.8 cm³/mol. The Kier molecular flexibility index (Phi) is 4.48. The molecule has 1 N–H and O–H groups in total. The number of hydrogen-bond acceptors (Lipinski definition) is 3. The van der Waals surface area contributed by atoms with Crippen LogP contribution in [-0.4, -0.2) is 13.1 Å². The molecule has 21 heavy (non-hydrogen) atoms. The van der Waals surface area contributed by atoms with Crippen LogP contribution >= 0.6 is 11.6 Å². The van der Waals surface area contributed by atoms with E-state index in [1.54, 1.807) is 49.4 Å². The Morgan fingerprint density at radius 2 is 1.81 bits per heavy atom. The zero-order valence-electron chi connectivity index (χ0n) is 11.7. The lowest BCUT2D eigenvalue weighted by Gasteiger charge is -2.29. The molecule has 0 aliphatic carbocycles.